The van der Waals surface area contributed by atoms with E-state index in [2.05, 4.69) is 50.0 Å². The van der Waals surface area contributed by atoms with E-state index in [9.17, 15) is 0 Å². The van der Waals surface area contributed by atoms with Crippen LogP contribution in [0.4, 0.5) is 5.82 Å². The Bertz CT molecular complexity index is 591. The zero-order chi connectivity index (χ0) is 14.2. The van der Waals surface area contributed by atoms with E-state index in [0.29, 0.717) is 0 Å². The van der Waals surface area contributed by atoms with Crippen molar-refractivity contribution in [3.8, 4) is 5.82 Å². The summed E-state index contributed by atoms with van der Waals surface area (Å²) in [5.41, 5.74) is 3.40. The molecule has 0 aliphatic carbocycles. The molecule has 1 N–H and O–H groups in total. The van der Waals surface area contributed by atoms with Gasteiger partial charge in [0.25, 0.3) is 0 Å². The fraction of sp³-hybridized carbons (Fsp3) is 0.467. The van der Waals surface area contributed by atoms with Crippen LogP contribution in [0.15, 0.2) is 18.2 Å². The SMILES string of the molecule is Cc1nn(-c2cccc(NC(C)(C)C)n2)c(C)c1C. The molecule has 2 aromatic heterocycles. The summed E-state index contributed by atoms with van der Waals surface area (Å²) in [5.74, 6) is 1.72. The second-order valence-corrected chi connectivity index (χ2v) is 5.96. The topological polar surface area (TPSA) is 42.7 Å². The van der Waals surface area contributed by atoms with Gasteiger partial charge < -0.3 is 5.32 Å². The van der Waals surface area contributed by atoms with E-state index in [-0.39, 0.29) is 5.54 Å². The van der Waals surface area contributed by atoms with Gasteiger partial charge in [0.05, 0.1) is 5.69 Å². The molecule has 4 heteroatoms. The predicted molar refractivity (Wildman–Crippen MR) is 78.9 cm³/mol. The Labute approximate surface area is 114 Å². The largest absolute Gasteiger partial charge is 0.365 e. The molecule has 0 aromatic carbocycles. The van der Waals surface area contributed by atoms with Gasteiger partial charge in [-0.3, -0.25) is 0 Å². The van der Waals surface area contributed by atoms with Gasteiger partial charge in [-0.05, 0) is 59.2 Å². The number of nitrogens with one attached hydrogen (secondary N) is 1. The number of nitrogens with zero attached hydrogens (tertiary/aromatic N) is 3. The minimum atomic E-state index is -0.00336. The highest BCUT2D eigenvalue weighted by Crippen LogP contribution is 2.18. The molecule has 102 valence electrons. The summed E-state index contributed by atoms with van der Waals surface area (Å²) in [6.45, 7) is 12.5. The molecule has 0 bridgehead atoms. The molecule has 0 radical (unpaired) electrons. The molecule has 0 fully saturated rings. The van der Waals surface area contributed by atoms with Crippen molar-refractivity contribution in [2.75, 3.05) is 5.32 Å². The van der Waals surface area contributed by atoms with Crippen molar-refractivity contribution in [1.82, 2.24) is 14.8 Å². The molecule has 0 atom stereocenters. The third-order valence-corrected chi connectivity index (χ3v) is 3.11. The minimum absolute atomic E-state index is 0.00336. The molecule has 2 rings (SSSR count). The van der Waals surface area contributed by atoms with Gasteiger partial charge in [0.1, 0.15) is 5.82 Å². The van der Waals surface area contributed by atoms with Crippen molar-refractivity contribution in [3.63, 3.8) is 0 Å². The smallest absolute Gasteiger partial charge is 0.156 e. The lowest BCUT2D eigenvalue weighted by molar-refractivity contribution is 0.629. The van der Waals surface area contributed by atoms with Crippen LogP contribution >= 0.6 is 0 Å². The quantitative estimate of drug-likeness (QED) is 0.897. The molecule has 19 heavy (non-hydrogen) atoms. The molecule has 2 aromatic rings. The molecule has 0 saturated carbocycles. The molecule has 0 aliphatic rings. The monoisotopic (exact) mass is 258 g/mol. The van der Waals surface area contributed by atoms with Gasteiger partial charge in [0.2, 0.25) is 0 Å². The first-order valence-corrected chi connectivity index (χ1v) is 6.56. The average Bonchev–Trinajstić information content (AvgIpc) is 2.55. The van der Waals surface area contributed by atoms with E-state index in [1.165, 1.54) is 5.56 Å². The van der Waals surface area contributed by atoms with Crippen molar-refractivity contribution >= 4 is 5.82 Å². The highest BCUT2D eigenvalue weighted by Gasteiger charge is 2.13. The first-order chi connectivity index (χ1) is 8.78. The number of pyridine rings is 1. The molecular formula is C15H22N4. The minimum Gasteiger partial charge on any atom is -0.365 e. The lowest BCUT2D eigenvalue weighted by Gasteiger charge is -2.21. The maximum Gasteiger partial charge on any atom is 0.156 e. The van der Waals surface area contributed by atoms with Gasteiger partial charge in [0, 0.05) is 11.2 Å². The number of rotatable bonds is 2. The summed E-state index contributed by atoms with van der Waals surface area (Å²) in [6, 6.07) is 5.96. The first kappa shape index (κ1) is 13.6. The van der Waals surface area contributed by atoms with Gasteiger partial charge in [-0.1, -0.05) is 6.07 Å². The van der Waals surface area contributed by atoms with E-state index in [4.69, 9.17) is 0 Å². The zero-order valence-corrected chi connectivity index (χ0v) is 12.6. The van der Waals surface area contributed by atoms with Crippen molar-refractivity contribution in [3.05, 3.63) is 35.2 Å². The summed E-state index contributed by atoms with van der Waals surface area (Å²) >= 11 is 0. The second-order valence-electron chi connectivity index (χ2n) is 5.96. The number of aromatic nitrogens is 3. The molecule has 2 heterocycles. The van der Waals surface area contributed by atoms with Gasteiger partial charge in [-0.25, -0.2) is 9.67 Å². The molecular weight excluding hydrogens is 236 g/mol. The van der Waals surface area contributed by atoms with Crippen molar-refractivity contribution < 1.29 is 0 Å². The van der Waals surface area contributed by atoms with E-state index >= 15 is 0 Å². The number of hydrogen-bond donors (Lipinski definition) is 1. The number of hydrogen-bond acceptors (Lipinski definition) is 3. The number of anilines is 1. The van der Waals surface area contributed by atoms with Gasteiger partial charge >= 0.3 is 0 Å². The molecule has 0 aliphatic heterocycles. The van der Waals surface area contributed by atoms with Crippen LogP contribution in [-0.2, 0) is 0 Å². The van der Waals surface area contributed by atoms with Crippen molar-refractivity contribution in [1.29, 1.82) is 0 Å². The predicted octanol–water partition coefficient (Wildman–Crippen LogP) is 3.40. The maximum atomic E-state index is 4.63. The van der Waals surface area contributed by atoms with Crippen LogP contribution in [0.1, 0.15) is 37.7 Å². The van der Waals surface area contributed by atoms with E-state index < -0.39 is 0 Å². The average molecular weight is 258 g/mol. The van der Waals surface area contributed by atoms with Crippen LogP contribution in [0.3, 0.4) is 0 Å². The molecule has 0 amide bonds. The molecule has 0 saturated heterocycles. The van der Waals surface area contributed by atoms with E-state index in [1.807, 2.05) is 29.8 Å². The standard InChI is InChI=1S/C15H22N4/c1-10-11(2)18-19(12(10)3)14-9-7-8-13(16-14)17-15(4,5)6/h7-9H,1-6H3,(H,16,17). The Kier molecular flexibility index (Phi) is 3.35. The van der Waals surface area contributed by atoms with Crippen LogP contribution in [0.2, 0.25) is 0 Å². The lowest BCUT2D eigenvalue weighted by atomic mass is 10.1. The third kappa shape index (κ3) is 2.95. The van der Waals surface area contributed by atoms with Gasteiger partial charge in [-0.15, -0.1) is 0 Å². The maximum absolute atomic E-state index is 4.63. The Hall–Kier alpha value is -1.84. The summed E-state index contributed by atoms with van der Waals surface area (Å²) < 4.78 is 1.90. The Morgan fingerprint density at radius 2 is 1.79 bits per heavy atom. The summed E-state index contributed by atoms with van der Waals surface area (Å²) in [5, 5.41) is 7.92. The Morgan fingerprint density at radius 1 is 1.11 bits per heavy atom. The summed E-state index contributed by atoms with van der Waals surface area (Å²) in [7, 11) is 0. The zero-order valence-electron chi connectivity index (χ0n) is 12.6. The fourth-order valence-electron chi connectivity index (χ4n) is 1.94. The van der Waals surface area contributed by atoms with Crippen molar-refractivity contribution in [2.45, 2.75) is 47.1 Å². The van der Waals surface area contributed by atoms with E-state index in [0.717, 1.165) is 23.0 Å². The van der Waals surface area contributed by atoms with Crippen molar-refractivity contribution in [2.24, 2.45) is 0 Å². The van der Waals surface area contributed by atoms with Crippen LogP contribution in [0.5, 0.6) is 0 Å². The van der Waals surface area contributed by atoms with E-state index in [1.54, 1.807) is 0 Å². The molecule has 0 spiro atoms. The third-order valence-electron chi connectivity index (χ3n) is 3.11. The summed E-state index contributed by atoms with van der Waals surface area (Å²) in [4.78, 5) is 4.63. The normalized spacial score (nSPS) is 11.7. The van der Waals surface area contributed by atoms with Crippen LogP contribution in [0.25, 0.3) is 5.82 Å². The highest BCUT2D eigenvalue weighted by molar-refractivity contribution is 5.42. The number of aryl methyl sites for hydroxylation is 1. The lowest BCUT2D eigenvalue weighted by Crippen LogP contribution is -2.26. The van der Waals surface area contributed by atoms with Gasteiger partial charge in [0.15, 0.2) is 5.82 Å². The van der Waals surface area contributed by atoms with Crippen LogP contribution in [0, 0.1) is 20.8 Å². The van der Waals surface area contributed by atoms with Crippen LogP contribution in [-0.4, -0.2) is 20.3 Å². The highest BCUT2D eigenvalue weighted by atomic mass is 15.3. The van der Waals surface area contributed by atoms with Crippen LogP contribution < -0.4 is 5.32 Å². The Balaban J connectivity index is 2.41. The fourth-order valence-corrected chi connectivity index (χ4v) is 1.94. The van der Waals surface area contributed by atoms with Gasteiger partial charge in [-0.2, -0.15) is 5.10 Å². The molecule has 0 unspecified atom stereocenters. The second kappa shape index (κ2) is 4.68. The summed E-state index contributed by atoms with van der Waals surface area (Å²) in [6.07, 6.45) is 0. The first-order valence-electron chi connectivity index (χ1n) is 6.56. The molecule has 4 nitrogen and oxygen atoms in total. The Morgan fingerprint density at radius 3 is 2.32 bits per heavy atom.